The van der Waals surface area contributed by atoms with Gasteiger partial charge in [-0.15, -0.1) is 11.3 Å². The number of amides is 1. The van der Waals surface area contributed by atoms with Crippen molar-refractivity contribution in [3.05, 3.63) is 70.6 Å². The van der Waals surface area contributed by atoms with E-state index in [4.69, 9.17) is 0 Å². The van der Waals surface area contributed by atoms with Crippen LogP contribution in [0.3, 0.4) is 0 Å². The summed E-state index contributed by atoms with van der Waals surface area (Å²) in [4.78, 5) is 20.5. The summed E-state index contributed by atoms with van der Waals surface area (Å²) in [6.45, 7) is 0.183. The molecule has 0 fully saturated rings. The zero-order chi connectivity index (χ0) is 17.8. The average molecular weight is 363 g/mol. The van der Waals surface area contributed by atoms with Crippen LogP contribution in [0.25, 0.3) is 10.7 Å². The smallest absolute Gasteiger partial charge is 0.254 e. The fourth-order valence-electron chi connectivity index (χ4n) is 2.13. The van der Waals surface area contributed by atoms with Crippen molar-refractivity contribution in [2.75, 3.05) is 6.54 Å². The number of thiazole rings is 1. The monoisotopic (exact) mass is 363 g/mol. The quantitative estimate of drug-likeness (QED) is 0.705. The second-order valence-corrected chi connectivity index (χ2v) is 5.95. The molecule has 1 aromatic carbocycles. The molecule has 2 aromatic heterocycles. The number of carbonyl (C=O) groups excluding carboxylic acids is 1. The number of benzene rings is 1. The Balaban J connectivity index is 1.59. The highest BCUT2D eigenvalue weighted by atomic mass is 32.1. The van der Waals surface area contributed by atoms with Crippen molar-refractivity contribution in [3.8, 4) is 10.7 Å². The molecule has 25 heavy (non-hydrogen) atoms. The number of carbonyl (C=O) groups is 1. The van der Waals surface area contributed by atoms with Gasteiger partial charge in [0.05, 0.1) is 17.0 Å². The lowest BCUT2D eigenvalue weighted by Crippen LogP contribution is -2.27. The van der Waals surface area contributed by atoms with Crippen LogP contribution in [0.15, 0.2) is 41.9 Å². The molecule has 128 valence electrons. The molecule has 3 rings (SSSR count). The van der Waals surface area contributed by atoms with Gasteiger partial charge in [0.25, 0.3) is 5.91 Å². The Labute approximate surface area is 145 Å². The molecule has 0 saturated carbocycles. The van der Waals surface area contributed by atoms with Gasteiger partial charge in [-0.1, -0.05) is 6.07 Å². The lowest BCUT2D eigenvalue weighted by Gasteiger charge is -2.06. The zero-order valence-corrected chi connectivity index (χ0v) is 13.6. The molecule has 2 heterocycles. The number of rotatable bonds is 5. The van der Waals surface area contributed by atoms with E-state index in [-0.39, 0.29) is 6.54 Å². The van der Waals surface area contributed by atoms with Crippen LogP contribution in [0.1, 0.15) is 16.1 Å². The van der Waals surface area contributed by atoms with Crippen LogP contribution in [0.2, 0.25) is 0 Å². The maximum atomic E-state index is 13.6. The molecule has 4 nitrogen and oxygen atoms in total. The summed E-state index contributed by atoms with van der Waals surface area (Å²) in [7, 11) is 0. The van der Waals surface area contributed by atoms with Gasteiger partial charge in [-0.05, 0) is 24.3 Å². The molecular weight excluding hydrogens is 351 g/mol. The van der Waals surface area contributed by atoms with Crippen LogP contribution < -0.4 is 5.32 Å². The fraction of sp³-hybridized carbons (Fsp3) is 0.118. The predicted octanol–water partition coefficient (Wildman–Crippen LogP) is 3.59. The first-order valence-corrected chi connectivity index (χ1v) is 8.21. The third kappa shape index (κ3) is 3.85. The molecule has 8 heteroatoms. The summed E-state index contributed by atoms with van der Waals surface area (Å²) in [5.41, 5.74) is 0.967. The van der Waals surface area contributed by atoms with E-state index >= 15 is 0 Å². The average Bonchev–Trinajstić information content (AvgIpc) is 3.09. The lowest BCUT2D eigenvalue weighted by atomic mass is 10.2. The molecule has 0 aliphatic carbocycles. The van der Waals surface area contributed by atoms with Crippen molar-refractivity contribution in [2.45, 2.75) is 6.42 Å². The van der Waals surface area contributed by atoms with Crippen LogP contribution in [-0.4, -0.2) is 22.4 Å². The number of pyridine rings is 1. The van der Waals surface area contributed by atoms with E-state index in [1.54, 1.807) is 6.20 Å². The number of hydrogen-bond donors (Lipinski definition) is 1. The predicted molar refractivity (Wildman–Crippen MR) is 87.7 cm³/mol. The summed E-state index contributed by atoms with van der Waals surface area (Å²) < 4.78 is 39.6. The third-order valence-corrected chi connectivity index (χ3v) is 4.30. The molecule has 0 radical (unpaired) electrons. The molecule has 0 spiro atoms. The normalized spacial score (nSPS) is 10.7. The van der Waals surface area contributed by atoms with Gasteiger partial charge >= 0.3 is 0 Å². The SMILES string of the molecule is O=C(NCCc1csc(-c2ccccn2)n1)c1ccc(F)c(F)c1F. The maximum absolute atomic E-state index is 13.6. The van der Waals surface area contributed by atoms with Crippen LogP contribution >= 0.6 is 11.3 Å². The van der Waals surface area contributed by atoms with Crippen molar-refractivity contribution in [2.24, 2.45) is 0 Å². The third-order valence-electron chi connectivity index (χ3n) is 3.38. The van der Waals surface area contributed by atoms with Crippen molar-refractivity contribution in [3.63, 3.8) is 0 Å². The highest BCUT2D eigenvalue weighted by molar-refractivity contribution is 7.13. The minimum Gasteiger partial charge on any atom is -0.352 e. The van der Waals surface area contributed by atoms with E-state index < -0.39 is 28.9 Å². The van der Waals surface area contributed by atoms with Crippen molar-refractivity contribution >= 4 is 17.2 Å². The summed E-state index contributed by atoms with van der Waals surface area (Å²) in [6.07, 6.45) is 2.09. The number of halogens is 3. The van der Waals surface area contributed by atoms with E-state index in [0.29, 0.717) is 12.5 Å². The van der Waals surface area contributed by atoms with Crippen LogP contribution in [0.4, 0.5) is 13.2 Å². The van der Waals surface area contributed by atoms with Gasteiger partial charge < -0.3 is 5.32 Å². The largest absolute Gasteiger partial charge is 0.352 e. The number of hydrogen-bond acceptors (Lipinski definition) is 4. The van der Waals surface area contributed by atoms with Crippen molar-refractivity contribution < 1.29 is 18.0 Å². The van der Waals surface area contributed by atoms with E-state index in [1.807, 2.05) is 23.6 Å². The Morgan fingerprint density at radius 3 is 2.72 bits per heavy atom. The van der Waals surface area contributed by atoms with Gasteiger partial charge in [-0.3, -0.25) is 9.78 Å². The zero-order valence-electron chi connectivity index (χ0n) is 12.8. The lowest BCUT2D eigenvalue weighted by molar-refractivity contribution is 0.0948. The molecular formula is C17H12F3N3OS. The summed E-state index contributed by atoms with van der Waals surface area (Å²) >= 11 is 1.43. The maximum Gasteiger partial charge on any atom is 0.254 e. The molecule has 3 aromatic rings. The fourth-order valence-corrected chi connectivity index (χ4v) is 2.96. The van der Waals surface area contributed by atoms with E-state index in [2.05, 4.69) is 15.3 Å². The molecule has 0 aliphatic heterocycles. The molecule has 0 unspecified atom stereocenters. The molecule has 0 aliphatic rings. The Kier molecular flexibility index (Phi) is 5.08. The van der Waals surface area contributed by atoms with Gasteiger partial charge in [-0.2, -0.15) is 0 Å². The molecule has 1 amide bonds. The second kappa shape index (κ2) is 7.43. The minimum atomic E-state index is -1.66. The topological polar surface area (TPSA) is 54.9 Å². The highest BCUT2D eigenvalue weighted by Gasteiger charge is 2.18. The molecule has 0 saturated heterocycles. The second-order valence-electron chi connectivity index (χ2n) is 5.09. The number of nitrogens with zero attached hydrogens (tertiary/aromatic N) is 2. The summed E-state index contributed by atoms with van der Waals surface area (Å²) in [6, 6.07) is 7.14. The first-order chi connectivity index (χ1) is 12.1. The minimum absolute atomic E-state index is 0.183. The Bertz CT molecular complexity index is 899. The number of aromatic nitrogens is 2. The van der Waals surface area contributed by atoms with Crippen molar-refractivity contribution in [1.29, 1.82) is 0 Å². The molecule has 0 atom stereocenters. The number of nitrogens with one attached hydrogen (secondary N) is 1. The van der Waals surface area contributed by atoms with E-state index in [0.717, 1.165) is 22.5 Å². The van der Waals surface area contributed by atoms with Crippen LogP contribution in [0, 0.1) is 17.5 Å². The Hall–Kier alpha value is -2.74. The summed E-state index contributed by atoms with van der Waals surface area (Å²) in [5.74, 6) is -5.30. The van der Waals surface area contributed by atoms with E-state index in [1.165, 1.54) is 11.3 Å². The Morgan fingerprint density at radius 2 is 1.96 bits per heavy atom. The van der Waals surface area contributed by atoms with Crippen LogP contribution in [-0.2, 0) is 6.42 Å². The van der Waals surface area contributed by atoms with E-state index in [9.17, 15) is 18.0 Å². The first kappa shape index (κ1) is 17.1. The molecule has 0 bridgehead atoms. The van der Waals surface area contributed by atoms with Gasteiger partial charge in [0, 0.05) is 24.5 Å². The van der Waals surface area contributed by atoms with Crippen LogP contribution in [0.5, 0.6) is 0 Å². The van der Waals surface area contributed by atoms with Gasteiger partial charge in [0.2, 0.25) is 0 Å². The summed E-state index contributed by atoms with van der Waals surface area (Å²) in [5, 5.41) is 5.06. The highest BCUT2D eigenvalue weighted by Crippen LogP contribution is 2.21. The van der Waals surface area contributed by atoms with Gasteiger partial charge in [0.15, 0.2) is 17.5 Å². The standard InChI is InChI=1S/C17H12F3N3OS/c18-12-5-4-11(14(19)15(12)20)16(24)22-8-6-10-9-25-17(23-10)13-3-1-2-7-21-13/h1-5,7,9H,6,8H2,(H,22,24). The van der Waals surface area contributed by atoms with Crippen molar-refractivity contribution in [1.82, 2.24) is 15.3 Å². The van der Waals surface area contributed by atoms with Gasteiger partial charge in [-0.25, -0.2) is 18.2 Å². The molecule has 1 N–H and O–H groups in total. The van der Waals surface area contributed by atoms with Gasteiger partial charge in [0.1, 0.15) is 5.01 Å². The first-order valence-electron chi connectivity index (χ1n) is 7.34. The Morgan fingerprint density at radius 1 is 1.12 bits per heavy atom.